The molecular formula is C17H26O5Si. The van der Waals surface area contributed by atoms with Crippen molar-refractivity contribution in [2.24, 2.45) is 5.41 Å². The molecule has 0 aromatic heterocycles. The highest BCUT2D eigenvalue weighted by molar-refractivity contribution is 6.82. The molecule has 6 heteroatoms. The maximum Gasteiger partial charge on any atom is 0.327 e. The molecule has 1 aliphatic heterocycles. The quantitative estimate of drug-likeness (QED) is 0.450. The number of esters is 2. The fourth-order valence-electron chi connectivity index (χ4n) is 3.36. The topological polar surface area (TPSA) is 61.8 Å². The van der Waals surface area contributed by atoms with Crippen LogP contribution in [0.15, 0.2) is 22.6 Å². The molecule has 1 aliphatic carbocycles. The zero-order valence-corrected chi connectivity index (χ0v) is 16.0. The average molecular weight is 338 g/mol. The van der Waals surface area contributed by atoms with E-state index < -0.39 is 25.4 Å². The highest BCUT2D eigenvalue weighted by atomic mass is 28.3. The Labute approximate surface area is 138 Å². The molecule has 0 saturated carbocycles. The van der Waals surface area contributed by atoms with Crippen LogP contribution < -0.4 is 0 Å². The first kappa shape index (κ1) is 17.8. The minimum Gasteiger partial charge on any atom is -0.497 e. The fourth-order valence-corrected chi connectivity index (χ4v) is 5.10. The number of ether oxygens (including phenoxy) is 3. The molecule has 0 fully saturated rings. The van der Waals surface area contributed by atoms with Gasteiger partial charge in [-0.2, -0.15) is 0 Å². The number of carbonyl (C=O) groups excluding carboxylic acids is 2. The number of carbonyl (C=O) groups is 2. The Bertz CT molecular complexity index is 591. The third-order valence-corrected chi connectivity index (χ3v) is 6.08. The van der Waals surface area contributed by atoms with Crippen LogP contribution >= 0.6 is 0 Å². The van der Waals surface area contributed by atoms with Gasteiger partial charge in [-0.15, -0.1) is 0 Å². The summed E-state index contributed by atoms with van der Waals surface area (Å²) in [6.45, 7) is 10.7. The van der Waals surface area contributed by atoms with Gasteiger partial charge in [-0.25, -0.2) is 0 Å². The molecule has 0 aromatic carbocycles. The smallest absolute Gasteiger partial charge is 0.327 e. The molecule has 0 unspecified atom stereocenters. The Morgan fingerprint density at radius 3 is 2.04 bits per heavy atom. The van der Waals surface area contributed by atoms with Crippen molar-refractivity contribution in [1.29, 1.82) is 0 Å². The van der Waals surface area contributed by atoms with E-state index >= 15 is 0 Å². The van der Waals surface area contributed by atoms with E-state index in [-0.39, 0.29) is 12.0 Å². The van der Waals surface area contributed by atoms with Gasteiger partial charge in [0, 0.05) is 12.8 Å². The standard InChI is InChI=1S/C17H26O5Si/c1-16(2)8-11-9-17(14(18)20-3,15(19)21-4)10-12(11)13(22-16)23(5,6)7/h9H,8,10H2,1-7H3. The van der Waals surface area contributed by atoms with Crippen LogP contribution in [0.25, 0.3) is 0 Å². The van der Waals surface area contributed by atoms with E-state index in [2.05, 4.69) is 19.6 Å². The van der Waals surface area contributed by atoms with E-state index in [9.17, 15) is 9.59 Å². The largest absolute Gasteiger partial charge is 0.497 e. The number of hydrogen-bond donors (Lipinski definition) is 0. The number of allylic oxidation sites excluding steroid dienone is 1. The van der Waals surface area contributed by atoms with Gasteiger partial charge in [0.15, 0.2) is 5.41 Å². The lowest BCUT2D eigenvalue weighted by atomic mass is 9.87. The molecule has 23 heavy (non-hydrogen) atoms. The summed E-state index contributed by atoms with van der Waals surface area (Å²) in [6, 6.07) is 0. The Morgan fingerprint density at radius 2 is 1.61 bits per heavy atom. The van der Waals surface area contributed by atoms with Crippen molar-refractivity contribution >= 4 is 20.0 Å². The van der Waals surface area contributed by atoms with Crippen LogP contribution in [0.4, 0.5) is 0 Å². The summed E-state index contributed by atoms with van der Waals surface area (Å²) >= 11 is 0. The van der Waals surface area contributed by atoms with Gasteiger partial charge in [0.25, 0.3) is 0 Å². The molecule has 1 heterocycles. The van der Waals surface area contributed by atoms with Crippen LogP contribution in [0, 0.1) is 5.41 Å². The van der Waals surface area contributed by atoms with E-state index in [4.69, 9.17) is 14.2 Å². The molecule has 0 N–H and O–H groups in total. The van der Waals surface area contributed by atoms with E-state index in [0.717, 1.165) is 16.5 Å². The van der Waals surface area contributed by atoms with E-state index in [0.29, 0.717) is 6.42 Å². The molecule has 128 valence electrons. The Balaban J connectivity index is 2.64. The average Bonchev–Trinajstić information content (AvgIpc) is 2.82. The second-order valence-electron chi connectivity index (χ2n) is 7.90. The summed E-state index contributed by atoms with van der Waals surface area (Å²) in [5.74, 6) is -1.15. The van der Waals surface area contributed by atoms with Gasteiger partial charge in [0.05, 0.1) is 19.6 Å². The number of methoxy groups -OCH3 is 2. The second kappa shape index (κ2) is 5.51. The second-order valence-corrected chi connectivity index (χ2v) is 12.9. The third-order valence-electron chi connectivity index (χ3n) is 4.31. The predicted octanol–water partition coefficient (Wildman–Crippen LogP) is 2.98. The Morgan fingerprint density at radius 1 is 1.09 bits per heavy atom. The predicted molar refractivity (Wildman–Crippen MR) is 89.3 cm³/mol. The van der Waals surface area contributed by atoms with E-state index in [1.54, 1.807) is 6.08 Å². The first-order chi connectivity index (χ1) is 10.5. The molecule has 0 bridgehead atoms. The van der Waals surface area contributed by atoms with Gasteiger partial charge < -0.3 is 14.2 Å². The summed E-state index contributed by atoms with van der Waals surface area (Å²) in [4.78, 5) is 24.8. The van der Waals surface area contributed by atoms with Gasteiger partial charge in [-0.3, -0.25) is 9.59 Å². The van der Waals surface area contributed by atoms with Gasteiger partial charge in [-0.1, -0.05) is 25.7 Å². The van der Waals surface area contributed by atoms with Crippen LogP contribution in [-0.4, -0.2) is 39.8 Å². The van der Waals surface area contributed by atoms with Crippen molar-refractivity contribution in [3.8, 4) is 0 Å². The van der Waals surface area contributed by atoms with Gasteiger partial charge >= 0.3 is 11.9 Å². The summed E-state index contributed by atoms with van der Waals surface area (Å²) in [5, 5.41) is 0.967. The van der Waals surface area contributed by atoms with Crippen LogP contribution in [-0.2, 0) is 23.8 Å². The van der Waals surface area contributed by atoms with Crippen LogP contribution in [0.2, 0.25) is 19.6 Å². The van der Waals surface area contributed by atoms with Crippen molar-refractivity contribution < 1.29 is 23.8 Å². The zero-order valence-electron chi connectivity index (χ0n) is 15.0. The lowest BCUT2D eigenvalue weighted by Gasteiger charge is -2.39. The Hall–Kier alpha value is -1.56. The van der Waals surface area contributed by atoms with Crippen molar-refractivity contribution in [1.82, 2.24) is 0 Å². The van der Waals surface area contributed by atoms with E-state index in [1.165, 1.54) is 14.2 Å². The third kappa shape index (κ3) is 2.96. The molecule has 0 radical (unpaired) electrons. The molecule has 2 aliphatic rings. The van der Waals surface area contributed by atoms with Crippen molar-refractivity contribution in [3.63, 3.8) is 0 Å². The SMILES string of the molecule is COC(=O)C1(C(=O)OC)C=C2CC(C)(C)OC([Si](C)(C)C)=C2C1. The van der Waals surface area contributed by atoms with Crippen LogP contribution in [0.3, 0.4) is 0 Å². The normalized spacial score (nSPS) is 22.0. The first-order valence-corrected chi connectivity index (χ1v) is 11.3. The highest BCUT2D eigenvalue weighted by Gasteiger charge is 2.54. The van der Waals surface area contributed by atoms with Crippen molar-refractivity contribution in [3.05, 3.63) is 22.6 Å². The number of fused-ring (bicyclic) bond motifs is 1. The summed E-state index contributed by atoms with van der Waals surface area (Å²) in [5.41, 5.74) is 0.254. The monoisotopic (exact) mass is 338 g/mol. The molecule has 2 rings (SSSR count). The summed E-state index contributed by atoms with van der Waals surface area (Å²) < 4.78 is 16.1. The van der Waals surface area contributed by atoms with Gasteiger partial charge in [-0.05, 0) is 25.0 Å². The van der Waals surface area contributed by atoms with Crippen molar-refractivity contribution in [2.45, 2.75) is 51.9 Å². The van der Waals surface area contributed by atoms with Crippen LogP contribution in [0.1, 0.15) is 26.7 Å². The van der Waals surface area contributed by atoms with Gasteiger partial charge in [0.1, 0.15) is 13.7 Å². The number of rotatable bonds is 3. The summed E-state index contributed by atoms with van der Waals surface area (Å²) in [7, 11) is 0.816. The fraction of sp³-hybridized carbons (Fsp3) is 0.647. The lowest BCUT2D eigenvalue weighted by molar-refractivity contribution is -0.164. The molecule has 0 spiro atoms. The Kier molecular flexibility index (Phi) is 4.26. The van der Waals surface area contributed by atoms with E-state index in [1.807, 2.05) is 13.8 Å². The molecule has 0 amide bonds. The molecule has 0 atom stereocenters. The molecule has 5 nitrogen and oxygen atoms in total. The molecule has 0 saturated heterocycles. The highest BCUT2D eigenvalue weighted by Crippen LogP contribution is 2.50. The molecule has 0 aromatic rings. The van der Waals surface area contributed by atoms with Gasteiger partial charge in [0.2, 0.25) is 0 Å². The minimum absolute atomic E-state index is 0.261. The summed E-state index contributed by atoms with van der Waals surface area (Å²) in [6.07, 6.45) is 2.66. The maximum atomic E-state index is 12.4. The lowest BCUT2D eigenvalue weighted by Crippen LogP contribution is -2.39. The number of hydrogen-bond acceptors (Lipinski definition) is 5. The minimum atomic E-state index is -1.77. The molecular weight excluding hydrogens is 312 g/mol. The first-order valence-electron chi connectivity index (χ1n) is 7.78. The van der Waals surface area contributed by atoms with Crippen LogP contribution in [0.5, 0.6) is 0 Å². The van der Waals surface area contributed by atoms with Crippen molar-refractivity contribution in [2.75, 3.05) is 14.2 Å². The zero-order chi connectivity index (χ0) is 17.6. The maximum absolute atomic E-state index is 12.4.